The van der Waals surface area contributed by atoms with Gasteiger partial charge in [0.2, 0.25) is 0 Å². The Kier molecular flexibility index (Phi) is 7.51. The van der Waals surface area contributed by atoms with Crippen molar-refractivity contribution >= 4 is 11.8 Å². The maximum absolute atomic E-state index is 13.3. The van der Waals surface area contributed by atoms with E-state index in [0.29, 0.717) is 5.56 Å². The second-order valence-electron chi connectivity index (χ2n) is 3.71. The average Bonchev–Trinajstić information content (AvgIpc) is 2.35. The minimum Gasteiger partial charge on any atom is -0.385 e. The van der Waals surface area contributed by atoms with Crippen molar-refractivity contribution in [1.29, 1.82) is 0 Å². The third-order valence-electron chi connectivity index (χ3n) is 2.18. The number of halogens is 1. The van der Waals surface area contributed by atoms with Crippen molar-refractivity contribution in [3.05, 3.63) is 35.1 Å². The lowest BCUT2D eigenvalue weighted by molar-refractivity contribution is 0.200. The van der Waals surface area contributed by atoms with Gasteiger partial charge in [0.25, 0.3) is 0 Å². The second kappa shape index (κ2) is 8.98. The third kappa shape index (κ3) is 6.06. The minimum atomic E-state index is -0.285. The molecule has 0 unspecified atom stereocenters. The molecule has 1 aromatic carbocycles. The molecule has 0 saturated heterocycles. The predicted octanol–water partition coefficient (Wildman–Crippen LogP) is 2.44. The Morgan fingerprint density at radius 2 is 2.22 bits per heavy atom. The fraction of sp³-hybridized carbons (Fsp3) is 0.429. The monoisotopic (exact) mass is 268 g/mol. The van der Waals surface area contributed by atoms with Gasteiger partial charge in [-0.2, -0.15) is 11.8 Å². The summed E-state index contributed by atoms with van der Waals surface area (Å²) in [4.78, 5) is 0. The fourth-order valence-corrected chi connectivity index (χ4v) is 2.31. The number of ether oxygens (including phenoxy) is 1. The summed E-state index contributed by atoms with van der Waals surface area (Å²) in [6.45, 7) is 0.543. The molecule has 0 aliphatic heterocycles. The van der Waals surface area contributed by atoms with Gasteiger partial charge in [0.15, 0.2) is 0 Å². The molecule has 0 amide bonds. The van der Waals surface area contributed by atoms with Crippen LogP contribution in [0.15, 0.2) is 18.2 Å². The highest BCUT2D eigenvalue weighted by Crippen LogP contribution is 2.16. The largest absolute Gasteiger partial charge is 0.385 e. The molecular formula is C14H17FO2S. The van der Waals surface area contributed by atoms with Gasteiger partial charge in [-0.3, -0.25) is 0 Å². The molecule has 1 rings (SSSR count). The van der Waals surface area contributed by atoms with Gasteiger partial charge >= 0.3 is 0 Å². The van der Waals surface area contributed by atoms with Crippen LogP contribution in [0.4, 0.5) is 4.39 Å². The molecule has 0 bridgehead atoms. The van der Waals surface area contributed by atoms with Crippen molar-refractivity contribution in [3.63, 3.8) is 0 Å². The van der Waals surface area contributed by atoms with Crippen LogP contribution in [-0.2, 0) is 10.5 Å². The average molecular weight is 268 g/mol. The van der Waals surface area contributed by atoms with Crippen LogP contribution in [0.3, 0.4) is 0 Å². The number of rotatable bonds is 6. The Balaban J connectivity index is 2.52. The minimum absolute atomic E-state index is 0.211. The van der Waals surface area contributed by atoms with Crippen molar-refractivity contribution < 1.29 is 14.2 Å². The van der Waals surface area contributed by atoms with E-state index in [2.05, 4.69) is 11.8 Å². The van der Waals surface area contributed by atoms with Crippen molar-refractivity contribution in [2.45, 2.75) is 12.2 Å². The van der Waals surface area contributed by atoms with Gasteiger partial charge in [-0.25, -0.2) is 4.39 Å². The van der Waals surface area contributed by atoms with Crippen LogP contribution in [0.1, 0.15) is 17.5 Å². The van der Waals surface area contributed by atoms with Gasteiger partial charge < -0.3 is 9.84 Å². The fourth-order valence-electron chi connectivity index (χ4n) is 1.44. The van der Waals surface area contributed by atoms with E-state index in [9.17, 15) is 4.39 Å². The van der Waals surface area contributed by atoms with Crippen LogP contribution in [0.2, 0.25) is 0 Å². The SMILES string of the molecule is COCCCSCc1cc(F)cc(C#CCO)c1. The Morgan fingerprint density at radius 3 is 2.94 bits per heavy atom. The summed E-state index contributed by atoms with van der Waals surface area (Å²) in [5.41, 5.74) is 1.52. The topological polar surface area (TPSA) is 29.5 Å². The first kappa shape index (κ1) is 15.0. The number of thioether (sulfide) groups is 1. The van der Waals surface area contributed by atoms with Crippen LogP contribution in [-0.4, -0.2) is 31.2 Å². The first-order chi connectivity index (χ1) is 8.76. The molecule has 0 aromatic heterocycles. The lowest BCUT2D eigenvalue weighted by atomic mass is 10.1. The standard InChI is InChI=1S/C14H17FO2S/c1-17-6-3-7-18-11-13-8-12(4-2-5-16)9-14(15)10-13/h8-10,16H,3,5-7,11H2,1H3. The van der Waals surface area contributed by atoms with E-state index in [4.69, 9.17) is 9.84 Å². The van der Waals surface area contributed by atoms with Gasteiger partial charge in [0, 0.05) is 25.0 Å². The molecular weight excluding hydrogens is 251 g/mol. The molecule has 4 heteroatoms. The quantitative estimate of drug-likeness (QED) is 0.635. The molecule has 2 nitrogen and oxygen atoms in total. The molecule has 0 atom stereocenters. The lowest BCUT2D eigenvalue weighted by Crippen LogP contribution is -1.92. The van der Waals surface area contributed by atoms with E-state index in [1.54, 1.807) is 18.9 Å². The summed E-state index contributed by atoms with van der Waals surface area (Å²) < 4.78 is 18.3. The lowest BCUT2D eigenvalue weighted by Gasteiger charge is -2.03. The van der Waals surface area contributed by atoms with Gasteiger partial charge in [-0.05, 0) is 35.9 Å². The van der Waals surface area contributed by atoms with Gasteiger partial charge in [0.1, 0.15) is 12.4 Å². The zero-order valence-electron chi connectivity index (χ0n) is 10.4. The normalized spacial score (nSPS) is 9.94. The number of methoxy groups -OCH3 is 1. The second-order valence-corrected chi connectivity index (χ2v) is 4.81. The van der Waals surface area contributed by atoms with E-state index < -0.39 is 0 Å². The Morgan fingerprint density at radius 1 is 1.39 bits per heavy atom. The predicted molar refractivity (Wildman–Crippen MR) is 73.0 cm³/mol. The smallest absolute Gasteiger partial charge is 0.124 e. The molecule has 0 saturated carbocycles. The summed E-state index contributed by atoms with van der Waals surface area (Å²) in [5, 5.41) is 8.61. The number of hydrogen-bond donors (Lipinski definition) is 1. The maximum Gasteiger partial charge on any atom is 0.124 e. The van der Waals surface area contributed by atoms with Gasteiger partial charge in [-0.15, -0.1) is 0 Å². The summed E-state index contributed by atoms with van der Waals surface area (Å²) in [7, 11) is 1.68. The molecule has 1 N–H and O–H groups in total. The number of hydrogen-bond acceptors (Lipinski definition) is 3. The van der Waals surface area contributed by atoms with E-state index in [0.717, 1.165) is 30.1 Å². The summed E-state index contributed by atoms with van der Waals surface area (Å²) >= 11 is 1.74. The van der Waals surface area contributed by atoms with Gasteiger partial charge in [-0.1, -0.05) is 11.8 Å². The molecule has 0 spiro atoms. The van der Waals surface area contributed by atoms with Crippen LogP contribution < -0.4 is 0 Å². The van der Waals surface area contributed by atoms with E-state index in [1.807, 2.05) is 6.07 Å². The van der Waals surface area contributed by atoms with Crippen LogP contribution in [0.25, 0.3) is 0 Å². The molecule has 98 valence electrons. The number of aliphatic hydroxyl groups is 1. The summed E-state index contributed by atoms with van der Waals surface area (Å²) in [6.07, 6.45) is 0.994. The number of aliphatic hydroxyl groups excluding tert-OH is 1. The van der Waals surface area contributed by atoms with Crippen molar-refractivity contribution in [2.75, 3.05) is 26.1 Å². The Bertz CT molecular complexity index is 424. The zero-order chi connectivity index (χ0) is 13.2. The highest BCUT2D eigenvalue weighted by Gasteiger charge is 2.00. The summed E-state index contributed by atoms with van der Waals surface area (Å²) in [6, 6.07) is 4.75. The molecule has 1 aromatic rings. The Labute approximate surface area is 112 Å². The van der Waals surface area contributed by atoms with Crippen molar-refractivity contribution in [2.24, 2.45) is 0 Å². The van der Waals surface area contributed by atoms with Crippen molar-refractivity contribution in [3.8, 4) is 11.8 Å². The van der Waals surface area contributed by atoms with E-state index in [-0.39, 0.29) is 12.4 Å². The molecule has 0 fully saturated rings. The zero-order valence-corrected chi connectivity index (χ0v) is 11.2. The van der Waals surface area contributed by atoms with Crippen LogP contribution in [0, 0.1) is 17.7 Å². The summed E-state index contributed by atoms with van der Waals surface area (Å²) in [5.74, 6) is 6.70. The molecule has 0 heterocycles. The maximum atomic E-state index is 13.3. The highest BCUT2D eigenvalue weighted by molar-refractivity contribution is 7.98. The van der Waals surface area contributed by atoms with Gasteiger partial charge in [0.05, 0.1) is 0 Å². The van der Waals surface area contributed by atoms with Crippen LogP contribution >= 0.6 is 11.8 Å². The molecule has 18 heavy (non-hydrogen) atoms. The molecule has 0 aliphatic rings. The number of benzene rings is 1. The van der Waals surface area contributed by atoms with Crippen LogP contribution in [0.5, 0.6) is 0 Å². The highest BCUT2D eigenvalue weighted by atomic mass is 32.2. The molecule has 0 aliphatic carbocycles. The van der Waals surface area contributed by atoms with Crippen molar-refractivity contribution in [1.82, 2.24) is 0 Å². The third-order valence-corrected chi connectivity index (χ3v) is 3.29. The first-order valence-corrected chi connectivity index (χ1v) is 6.87. The molecule has 0 radical (unpaired) electrons. The van der Waals surface area contributed by atoms with E-state index >= 15 is 0 Å². The first-order valence-electron chi connectivity index (χ1n) is 5.72. The van der Waals surface area contributed by atoms with E-state index in [1.165, 1.54) is 12.1 Å². The Hall–Kier alpha value is -1.02.